The zero-order valence-corrected chi connectivity index (χ0v) is 4.99. The summed E-state index contributed by atoms with van der Waals surface area (Å²) in [6, 6.07) is 0. The topological polar surface area (TPSA) is 52.0 Å². The van der Waals surface area contributed by atoms with E-state index < -0.39 is 8.22 Å². The third kappa shape index (κ3) is 0.990. The van der Waals surface area contributed by atoms with Gasteiger partial charge in [0, 0.05) is 8.22 Å². The highest BCUT2D eigenvalue weighted by Gasteiger charge is 2.16. The molecule has 0 aromatic carbocycles. The van der Waals surface area contributed by atoms with Gasteiger partial charge in [-0.1, -0.05) is 8.20 Å². The second-order valence-electron chi connectivity index (χ2n) is 1.16. The minimum Gasteiger partial charge on any atom is -0.297 e. The van der Waals surface area contributed by atoms with Crippen molar-refractivity contribution in [3.63, 3.8) is 0 Å². The Morgan fingerprint density at radius 1 is 1.67 bits per heavy atom. The van der Waals surface area contributed by atoms with E-state index in [4.69, 9.17) is 11.0 Å². The molecule has 0 saturated carbocycles. The molecule has 1 aliphatic heterocycles. The molecule has 4 heteroatoms. The number of nitrogens with two attached hydrogens (primary N) is 2. The average Bonchev–Trinajstić information content (AvgIpc) is 2.06. The molecular weight excluding hydrogens is 114 g/mol. The molecule has 0 spiro atoms. The highest BCUT2D eigenvalue weighted by atomic mass is 31.2. The van der Waals surface area contributed by atoms with Gasteiger partial charge in [0.05, 0.1) is 5.40 Å². The van der Waals surface area contributed by atoms with E-state index in [0.717, 1.165) is 0 Å². The average molecular weight is 120 g/mol. The van der Waals surface area contributed by atoms with Crippen LogP contribution in [0.5, 0.6) is 0 Å². The molecular formula is C2H6N2P2. The predicted molar refractivity (Wildman–Crippen MR) is 32.1 cm³/mol. The normalized spacial score (nSPS) is 31.5. The summed E-state index contributed by atoms with van der Waals surface area (Å²) >= 11 is 0. The highest BCUT2D eigenvalue weighted by molar-refractivity contribution is 7.75. The Morgan fingerprint density at radius 2 is 2.17 bits per heavy atom. The summed E-state index contributed by atoms with van der Waals surface area (Å²) in [5, 5.41) is 0.569. The van der Waals surface area contributed by atoms with E-state index in [1.807, 2.05) is 0 Å². The summed E-state index contributed by atoms with van der Waals surface area (Å²) in [5.41, 5.74) is 10.6. The molecule has 34 valence electrons. The van der Waals surface area contributed by atoms with E-state index in [9.17, 15) is 0 Å². The SMILES string of the molecule is NP(N)C1C=P1. The zero-order chi connectivity index (χ0) is 4.57. The smallest absolute Gasteiger partial charge is 0.0692 e. The van der Waals surface area contributed by atoms with E-state index in [1.165, 1.54) is 8.20 Å². The van der Waals surface area contributed by atoms with Crippen LogP contribution in [0.15, 0.2) is 0 Å². The summed E-state index contributed by atoms with van der Waals surface area (Å²) in [4.78, 5) is 0. The third-order valence-corrected chi connectivity index (χ3v) is 3.36. The van der Waals surface area contributed by atoms with E-state index >= 15 is 0 Å². The highest BCUT2D eigenvalue weighted by Crippen LogP contribution is 2.40. The van der Waals surface area contributed by atoms with Gasteiger partial charge in [-0.25, -0.2) is 0 Å². The van der Waals surface area contributed by atoms with Crippen LogP contribution in [-0.2, 0) is 0 Å². The molecule has 0 saturated heterocycles. The molecule has 0 bridgehead atoms. The Morgan fingerprint density at radius 3 is 2.17 bits per heavy atom. The molecule has 1 aliphatic rings. The van der Waals surface area contributed by atoms with Crippen LogP contribution in [-0.4, -0.2) is 11.2 Å². The van der Waals surface area contributed by atoms with Gasteiger partial charge in [-0.05, 0) is 5.80 Å². The first kappa shape index (κ1) is 4.67. The van der Waals surface area contributed by atoms with Crippen LogP contribution in [0, 0.1) is 0 Å². The minimum absolute atomic E-state index is 0.569. The van der Waals surface area contributed by atoms with Crippen LogP contribution in [0.25, 0.3) is 0 Å². The standard InChI is InChI=1S/C2H6N2P2/c3-6(4)2-1-5-2/h1-2H,3-4H2. The summed E-state index contributed by atoms with van der Waals surface area (Å²) in [6.45, 7) is 0. The fourth-order valence-corrected chi connectivity index (χ4v) is 1.73. The monoisotopic (exact) mass is 120 g/mol. The maximum Gasteiger partial charge on any atom is 0.0692 e. The van der Waals surface area contributed by atoms with Gasteiger partial charge in [0.15, 0.2) is 0 Å². The third-order valence-electron chi connectivity index (χ3n) is 0.588. The van der Waals surface area contributed by atoms with Crippen molar-refractivity contribution in [3.05, 3.63) is 0 Å². The van der Waals surface area contributed by atoms with Gasteiger partial charge in [0.1, 0.15) is 0 Å². The number of rotatable bonds is 1. The Labute approximate surface area is 39.6 Å². The summed E-state index contributed by atoms with van der Waals surface area (Å²) < 4.78 is 0. The first-order valence-corrected chi connectivity index (χ1v) is 4.21. The van der Waals surface area contributed by atoms with E-state index in [1.54, 1.807) is 0 Å². The van der Waals surface area contributed by atoms with Crippen molar-refractivity contribution < 1.29 is 0 Å². The maximum absolute atomic E-state index is 5.30. The minimum atomic E-state index is -0.616. The van der Waals surface area contributed by atoms with E-state index in [0.29, 0.717) is 5.40 Å². The van der Waals surface area contributed by atoms with Crippen molar-refractivity contribution in [2.24, 2.45) is 11.0 Å². The lowest BCUT2D eigenvalue weighted by Crippen LogP contribution is -2.02. The maximum atomic E-state index is 5.30. The van der Waals surface area contributed by atoms with Gasteiger partial charge in [0.2, 0.25) is 0 Å². The van der Waals surface area contributed by atoms with Crippen molar-refractivity contribution in [1.82, 2.24) is 0 Å². The van der Waals surface area contributed by atoms with Crippen LogP contribution >= 0.6 is 16.4 Å². The first-order chi connectivity index (χ1) is 2.80. The van der Waals surface area contributed by atoms with Crippen molar-refractivity contribution in [3.8, 4) is 0 Å². The number of hydrogen-bond donors (Lipinski definition) is 2. The quantitative estimate of drug-likeness (QED) is 0.489. The molecule has 0 radical (unpaired) electrons. The van der Waals surface area contributed by atoms with Gasteiger partial charge in [-0.2, -0.15) is 0 Å². The molecule has 2 nitrogen and oxygen atoms in total. The second kappa shape index (κ2) is 1.55. The van der Waals surface area contributed by atoms with Gasteiger partial charge < -0.3 is 0 Å². The Balaban J connectivity index is 2.16. The number of hydrogen-bond acceptors (Lipinski definition) is 2. The zero-order valence-electron chi connectivity index (χ0n) is 3.20. The molecule has 0 aromatic heterocycles. The lowest BCUT2D eigenvalue weighted by atomic mass is 11.0. The van der Waals surface area contributed by atoms with Crippen molar-refractivity contribution in [2.45, 2.75) is 5.40 Å². The van der Waals surface area contributed by atoms with Gasteiger partial charge in [-0.15, -0.1) is 0 Å². The molecule has 1 rings (SSSR count). The van der Waals surface area contributed by atoms with Crippen LogP contribution < -0.4 is 11.0 Å². The van der Waals surface area contributed by atoms with E-state index in [-0.39, 0.29) is 0 Å². The van der Waals surface area contributed by atoms with E-state index in [2.05, 4.69) is 5.80 Å². The van der Waals surface area contributed by atoms with Crippen LogP contribution in [0.4, 0.5) is 0 Å². The first-order valence-electron chi connectivity index (χ1n) is 1.62. The van der Waals surface area contributed by atoms with Crippen molar-refractivity contribution in [2.75, 3.05) is 0 Å². The Kier molecular flexibility index (Phi) is 1.21. The molecule has 1 unspecified atom stereocenters. The van der Waals surface area contributed by atoms with Crippen molar-refractivity contribution >= 4 is 22.2 Å². The largest absolute Gasteiger partial charge is 0.297 e. The second-order valence-corrected chi connectivity index (χ2v) is 4.17. The molecule has 0 aliphatic carbocycles. The Hall–Kier alpha value is 0.520. The summed E-state index contributed by atoms with van der Waals surface area (Å²) in [6.07, 6.45) is 0. The van der Waals surface area contributed by atoms with Crippen LogP contribution in [0.2, 0.25) is 0 Å². The fourth-order valence-electron chi connectivity index (χ4n) is 0.192. The molecule has 1 heterocycles. The molecule has 1 atom stereocenters. The molecule has 6 heavy (non-hydrogen) atoms. The van der Waals surface area contributed by atoms with Crippen molar-refractivity contribution in [1.29, 1.82) is 0 Å². The lowest BCUT2D eigenvalue weighted by molar-refractivity contribution is 1.70. The fraction of sp³-hybridized carbons (Fsp3) is 0.500. The van der Waals surface area contributed by atoms with Crippen LogP contribution in [0.1, 0.15) is 0 Å². The lowest BCUT2D eigenvalue weighted by Gasteiger charge is -1.96. The van der Waals surface area contributed by atoms with Crippen LogP contribution in [0.3, 0.4) is 0 Å². The molecule has 0 aromatic rings. The molecule has 0 amide bonds. The van der Waals surface area contributed by atoms with Gasteiger partial charge >= 0.3 is 0 Å². The summed E-state index contributed by atoms with van der Waals surface area (Å²) in [5.74, 6) is 2.12. The predicted octanol–water partition coefficient (Wildman–Crippen LogP) is 0.304. The molecule has 0 fully saturated rings. The van der Waals surface area contributed by atoms with Gasteiger partial charge in [0.25, 0.3) is 0 Å². The summed E-state index contributed by atoms with van der Waals surface area (Å²) in [7, 11) is 0.728. The Bertz CT molecular complexity index is 73.6. The van der Waals surface area contributed by atoms with Gasteiger partial charge in [-0.3, -0.25) is 11.0 Å². The molecule has 4 N–H and O–H groups in total.